The highest BCUT2D eigenvalue weighted by Crippen LogP contribution is 2.35. The molecule has 2 aromatic carbocycles. The molecule has 0 aliphatic rings. The highest BCUT2D eigenvalue weighted by atomic mass is 79.9. The number of halogens is 3. The Morgan fingerprint density at radius 3 is 2.36 bits per heavy atom. The molecular weight excluding hydrogens is 461 g/mol. The van der Waals surface area contributed by atoms with E-state index in [1.54, 1.807) is 12.1 Å². The highest BCUT2D eigenvalue weighted by molar-refractivity contribution is 9.10. The number of benzene rings is 2. The number of rotatable bonds is 12. The quantitative estimate of drug-likeness (QED) is 0.315. The smallest absolute Gasteiger partial charge is 0.162 e. The summed E-state index contributed by atoms with van der Waals surface area (Å²) < 4.78 is 12.8. The average molecular weight is 489 g/mol. The van der Waals surface area contributed by atoms with Crippen molar-refractivity contribution in [1.29, 1.82) is 0 Å². The van der Waals surface area contributed by atoms with Gasteiger partial charge in [0.05, 0.1) is 6.61 Å². The van der Waals surface area contributed by atoms with Crippen molar-refractivity contribution < 1.29 is 9.47 Å². The zero-order chi connectivity index (χ0) is 20.4. The van der Waals surface area contributed by atoms with Crippen molar-refractivity contribution in [2.24, 2.45) is 0 Å². The first kappa shape index (κ1) is 23.3. The molecule has 0 atom stereocenters. The molecule has 154 valence electrons. The summed E-state index contributed by atoms with van der Waals surface area (Å²) >= 11 is 16.1. The van der Waals surface area contributed by atoms with E-state index in [9.17, 15) is 0 Å². The van der Waals surface area contributed by atoms with E-state index in [0.717, 1.165) is 34.4 Å². The Labute approximate surface area is 186 Å². The second-order valence-electron chi connectivity index (χ2n) is 6.55. The van der Waals surface area contributed by atoms with Crippen molar-refractivity contribution in [2.45, 2.75) is 52.7 Å². The highest BCUT2D eigenvalue weighted by Gasteiger charge is 2.13. The van der Waals surface area contributed by atoms with Crippen LogP contribution in [0.3, 0.4) is 0 Å². The van der Waals surface area contributed by atoms with Crippen LogP contribution in [0.5, 0.6) is 11.5 Å². The third-order valence-electron chi connectivity index (χ3n) is 4.37. The lowest BCUT2D eigenvalue weighted by atomic mass is 10.1. The molecule has 0 aliphatic heterocycles. The third kappa shape index (κ3) is 7.14. The second-order valence-corrected chi connectivity index (χ2v) is 8.22. The predicted molar refractivity (Wildman–Crippen MR) is 122 cm³/mol. The third-order valence-corrected chi connectivity index (χ3v) is 5.82. The van der Waals surface area contributed by atoms with Gasteiger partial charge in [0.2, 0.25) is 0 Å². The lowest BCUT2D eigenvalue weighted by molar-refractivity contribution is 0.269. The molecule has 0 heterocycles. The first-order chi connectivity index (χ1) is 13.6. The molecule has 2 rings (SSSR count). The Balaban J connectivity index is 2.05. The Hall–Kier alpha value is -0.940. The molecule has 0 unspecified atom stereocenters. The molecule has 0 saturated carbocycles. The summed E-state index contributed by atoms with van der Waals surface area (Å²) in [5.41, 5.74) is 1.91. The second kappa shape index (κ2) is 12.6. The molecule has 3 nitrogen and oxygen atoms in total. The van der Waals surface area contributed by atoms with Gasteiger partial charge in [-0.2, -0.15) is 0 Å². The van der Waals surface area contributed by atoms with Crippen LogP contribution >= 0.6 is 39.1 Å². The number of hydrogen-bond donors (Lipinski definition) is 1. The minimum absolute atomic E-state index is 0.278. The van der Waals surface area contributed by atoms with E-state index in [1.807, 2.05) is 25.1 Å². The zero-order valence-corrected chi connectivity index (χ0v) is 19.6. The maximum Gasteiger partial charge on any atom is 0.162 e. The molecule has 28 heavy (non-hydrogen) atoms. The summed E-state index contributed by atoms with van der Waals surface area (Å²) in [7, 11) is 0. The SMILES string of the molecule is CCCCCCNCc1cc(OCC)c(OCc2c(Cl)cccc2Cl)cc1Br. The number of unbranched alkanes of at least 4 members (excludes halogenated alkanes) is 3. The van der Waals surface area contributed by atoms with E-state index >= 15 is 0 Å². The summed E-state index contributed by atoms with van der Waals surface area (Å²) in [5.74, 6) is 1.38. The van der Waals surface area contributed by atoms with E-state index in [2.05, 4.69) is 28.2 Å². The first-order valence-corrected chi connectivity index (χ1v) is 11.3. The van der Waals surface area contributed by atoms with Crippen LogP contribution in [0.2, 0.25) is 10.0 Å². The van der Waals surface area contributed by atoms with E-state index in [1.165, 1.54) is 25.7 Å². The summed E-state index contributed by atoms with van der Waals surface area (Å²) in [5, 5.41) is 4.68. The molecule has 0 amide bonds. The van der Waals surface area contributed by atoms with E-state index in [4.69, 9.17) is 32.7 Å². The van der Waals surface area contributed by atoms with E-state index in [0.29, 0.717) is 22.4 Å². The normalized spacial score (nSPS) is 10.9. The first-order valence-electron chi connectivity index (χ1n) is 9.78. The number of nitrogens with one attached hydrogen (secondary N) is 1. The molecule has 2 aromatic rings. The van der Waals surface area contributed by atoms with Crippen LogP contribution in [0.4, 0.5) is 0 Å². The van der Waals surface area contributed by atoms with Crippen molar-refractivity contribution in [2.75, 3.05) is 13.2 Å². The van der Waals surface area contributed by atoms with Gasteiger partial charge < -0.3 is 14.8 Å². The van der Waals surface area contributed by atoms with Gasteiger partial charge in [-0.25, -0.2) is 0 Å². The van der Waals surface area contributed by atoms with Crippen LogP contribution in [-0.4, -0.2) is 13.2 Å². The summed E-state index contributed by atoms with van der Waals surface area (Å²) in [6.07, 6.45) is 5.02. The van der Waals surface area contributed by atoms with Gasteiger partial charge >= 0.3 is 0 Å². The van der Waals surface area contributed by atoms with Gasteiger partial charge in [0.1, 0.15) is 6.61 Å². The average Bonchev–Trinajstić information content (AvgIpc) is 2.67. The van der Waals surface area contributed by atoms with Gasteiger partial charge in [0.25, 0.3) is 0 Å². The zero-order valence-electron chi connectivity index (χ0n) is 16.5. The van der Waals surface area contributed by atoms with E-state index in [-0.39, 0.29) is 6.61 Å². The summed E-state index contributed by atoms with van der Waals surface area (Å²) in [4.78, 5) is 0. The van der Waals surface area contributed by atoms with Crippen LogP contribution in [-0.2, 0) is 13.2 Å². The van der Waals surface area contributed by atoms with Gasteiger partial charge in [-0.3, -0.25) is 0 Å². The molecule has 0 aliphatic carbocycles. The van der Waals surface area contributed by atoms with Gasteiger partial charge in [-0.05, 0) is 49.7 Å². The van der Waals surface area contributed by atoms with Crippen LogP contribution in [0, 0.1) is 0 Å². The van der Waals surface area contributed by atoms with Crippen molar-refractivity contribution in [3.63, 3.8) is 0 Å². The lowest BCUT2D eigenvalue weighted by Crippen LogP contribution is -2.15. The Kier molecular flexibility index (Phi) is 10.5. The largest absolute Gasteiger partial charge is 0.490 e. The molecule has 0 bridgehead atoms. The fourth-order valence-corrected chi connectivity index (χ4v) is 3.78. The van der Waals surface area contributed by atoms with Crippen LogP contribution < -0.4 is 14.8 Å². The number of hydrogen-bond acceptors (Lipinski definition) is 3. The molecular formula is C22H28BrCl2NO2. The maximum absolute atomic E-state index is 6.24. The number of ether oxygens (including phenoxy) is 2. The Morgan fingerprint density at radius 2 is 1.68 bits per heavy atom. The molecule has 1 N–H and O–H groups in total. The van der Waals surface area contributed by atoms with Gasteiger partial charge in [0.15, 0.2) is 11.5 Å². The molecule has 0 spiro atoms. The molecule has 0 radical (unpaired) electrons. The molecule has 0 fully saturated rings. The van der Waals surface area contributed by atoms with Crippen molar-refractivity contribution in [1.82, 2.24) is 5.32 Å². The van der Waals surface area contributed by atoms with Crippen LogP contribution in [0.25, 0.3) is 0 Å². The minimum Gasteiger partial charge on any atom is -0.490 e. The molecule has 6 heteroatoms. The van der Waals surface area contributed by atoms with Crippen LogP contribution in [0.1, 0.15) is 50.7 Å². The topological polar surface area (TPSA) is 30.5 Å². The predicted octanol–water partition coefficient (Wildman–Crippen LogP) is 7.40. The fourth-order valence-electron chi connectivity index (χ4n) is 2.81. The fraction of sp³-hybridized carbons (Fsp3) is 0.455. The van der Waals surface area contributed by atoms with Gasteiger partial charge in [-0.15, -0.1) is 0 Å². The lowest BCUT2D eigenvalue weighted by Gasteiger charge is -2.16. The Morgan fingerprint density at radius 1 is 0.964 bits per heavy atom. The van der Waals surface area contributed by atoms with Gasteiger partial charge in [-0.1, -0.05) is 71.4 Å². The maximum atomic E-state index is 6.24. The Bertz CT molecular complexity index is 735. The molecule has 0 saturated heterocycles. The minimum atomic E-state index is 0.278. The van der Waals surface area contributed by atoms with Crippen molar-refractivity contribution in [3.05, 3.63) is 56.0 Å². The van der Waals surface area contributed by atoms with Crippen molar-refractivity contribution in [3.8, 4) is 11.5 Å². The monoisotopic (exact) mass is 487 g/mol. The van der Waals surface area contributed by atoms with Gasteiger partial charge in [0, 0.05) is 26.6 Å². The molecule has 0 aromatic heterocycles. The van der Waals surface area contributed by atoms with Crippen molar-refractivity contribution >= 4 is 39.1 Å². The standard InChI is InChI=1S/C22H28BrCl2NO2/c1-3-5-6-7-11-26-14-16-12-21(27-4-2)22(13-18(16)23)28-15-17-19(24)9-8-10-20(17)25/h8-10,12-13,26H,3-7,11,14-15H2,1-2H3. The summed E-state index contributed by atoms with van der Waals surface area (Å²) in [6, 6.07) is 9.40. The van der Waals surface area contributed by atoms with E-state index < -0.39 is 0 Å². The van der Waals surface area contributed by atoms with Crippen LogP contribution in [0.15, 0.2) is 34.8 Å². The summed E-state index contributed by atoms with van der Waals surface area (Å²) in [6.45, 7) is 6.82.